The molecule has 0 saturated heterocycles. The SMILES string of the molecule is C[C@H](Sc1ccccc1)C(=O)N1CCc2ccccc21. The lowest BCUT2D eigenvalue weighted by Crippen LogP contribution is -2.35. The second-order valence-electron chi connectivity index (χ2n) is 4.94. The summed E-state index contributed by atoms with van der Waals surface area (Å²) >= 11 is 1.62. The van der Waals surface area contributed by atoms with Gasteiger partial charge in [0.1, 0.15) is 0 Å². The van der Waals surface area contributed by atoms with Crippen LogP contribution in [0.1, 0.15) is 12.5 Å². The molecule has 1 atom stereocenters. The van der Waals surface area contributed by atoms with Crippen LogP contribution in [0.4, 0.5) is 5.69 Å². The molecule has 1 heterocycles. The summed E-state index contributed by atoms with van der Waals surface area (Å²) < 4.78 is 0. The quantitative estimate of drug-likeness (QED) is 0.799. The fourth-order valence-electron chi connectivity index (χ4n) is 2.54. The molecule has 0 unspecified atom stereocenters. The summed E-state index contributed by atoms with van der Waals surface area (Å²) in [7, 11) is 0. The van der Waals surface area contributed by atoms with Crippen molar-refractivity contribution in [2.45, 2.75) is 23.5 Å². The molecule has 0 aromatic heterocycles. The Balaban J connectivity index is 1.74. The number of hydrogen-bond acceptors (Lipinski definition) is 2. The standard InChI is InChI=1S/C17H17NOS/c1-13(20-15-8-3-2-4-9-15)17(19)18-12-11-14-7-5-6-10-16(14)18/h2-10,13H,11-12H2,1H3/t13-/m0/s1. The van der Waals surface area contributed by atoms with E-state index in [0.29, 0.717) is 0 Å². The molecule has 2 aromatic rings. The van der Waals surface area contributed by atoms with Crippen LogP contribution in [0, 0.1) is 0 Å². The first-order valence-electron chi connectivity index (χ1n) is 6.87. The van der Waals surface area contributed by atoms with Gasteiger partial charge in [-0.2, -0.15) is 0 Å². The largest absolute Gasteiger partial charge is 0.311 e. The zero-order chi connectivity index (χ0) is 13.9. The maximum atomic E-state index is 12.6. The zero-order valence-corrected chi connectivity index (χ0v) is 12.3. The lowest BCUT2D eigenvalue weighted by Gasteiger charge is -2.21. The number of amides is 1. The van der Waals surface area contributed by atoms with E-state index >= 15 is 0 Å². The number of benzene rings is 2. The number of rotatable bonds is 3. The van der Waals surface area contributed by atoms with Gasteiger partial charge in [-0.3, -0.25) is 4.79 Å². The fourth-order valence-corrected chi connectivity index (χ4v) is 3.49. The van der Waals surface area contributed by atoms with Crippen LogP contribution in [0.25, 0.3) is 0 Å². The van der Waals surface area contributed by atoms with Crippen molar-refractivity contribution in [1.29, 1.82) is 0 Å². The van der Waals surface area contributed by atoms with E-state index in [1.165, 1.54) is 5.56 Å². The number of carbonyl (C=O) groups excluding carboxylic acids is 1. The zero-order valence-electron chi connectivity index (χ0n) is 11.5. The normalized spacial score (nSPS) is 14.9. The van der Waals surface area contributed by atoms with Gasteiger partial charge in [0, 0.05) is 17.1 Å². The Morgan fingerprint density at radius 1 is 1.10 bits per heavy atom. The second-order valence-corrected chi connectivity index (χ2v) is 6.36. The molecule has 0 bridgehead atoms. The highest BCUT2D eigenvalue weighted by Gasteiger charge is 2.27. The summed E-state index contributed by atoms with van der Waals surface area (Å²) in [6.45, 7) is 2.79. The van der Waals surface area contributed by atoms with Crippen LogP contribution in [-0.2, 0) is 11.2 Å². The van der Waals surface area contributed by atoms with Gasteiger partial charge < -0.3 is 4.90 Å². The molecule has 1 aliphatic heterocycles. The van der Waals surface area contributed by atoms with E-state index in [1.54, 1.807) is 11.8 Å². The fraction of sp³-hybridized carbons (Fsp3) is 0.235. The molecule has 0 aliphatic carbocycles. The van der Waals surface area contributed by atoms with E-state index < -0.39 is 0 Å². The van der Waals surface area contributed by atoms with Crippen molar-refractivity contribution in [2.75, 3.05) is 11.4 Å². The number of anilines is 1. The lowest BCUT2D eigenvalue weighted by molar-refractivity contribution is -0.117. The molecule has 3 rings (SSSR count). The first-order valence-corrected chi connectivity index (χ1v) is 7.74. The predicted octanol–water partition coefficient (Wildman–Crippen LogP) is 3.76. The summed E-state index contributed by atoms with van der Waals surface area (Å²) in [4.78, 5) is 15.7. The van der Waals surface area contributed by atoms with E-state index in [0.717, 1.165) is 23.5 Å². The van der Waals surface area contributed by atoms with Gasteiger partial charge in [0.05, 0.1) is 5.25 Å². The minimum absolute atomic E-state index is 0.0662. The van der Waals surface area contributed by atoms with Crippen molar-refractivity contribution in [3.8, 4) is 0 Å². The predicted molar refractivity (Wildman–Crippen MR) is 84.3 cm³/mol. The van der Waals surface area contributed by atoms with Crippen molar-refractivity contribution in [3.05, 3.63) is 60.2 Å². The molecule has 1 amide bonds. The van der Waals surface area contributed by atoms with E-state index in [-0.39, 0.29) is 11.2 Å². The molecule has 1 aliphatic rings. The Hall–Kier alpha value is -1.74. The van der Waals surface area contributed by atoms with Crippen LogP contribution in [0.3, 0.4) is 0 Å². The number of hydrogen-bond donors (Lipinski definition) is 0. The molecule has 3 heteroatoms. The third-order valence-electron chi connectivity index (χ3n) is 3.56. The Kier molecular flexibility index (Phi) is 3.79. The Labute approximate surface area is 123 Å². The highest BCUT2D eigenvalue weighted by atomic mass is 32.2. The van der Waals surface area contributed by atoms with Gasteiger partial charge in [-0.05, 0) is 37.1 Å². The number of nitrogens with zero attached hydrogens (tertiary/aromatic N) is 1. The number of carbonyl (C=O) groups is 1. The molecule has 2 nitrogen and oxygen atoms in total. The van der Waals surface area contributed by atoms with Crippen LogP contribution in [0.5, 0.6) is 0 Å². The highest BCUT2D eigenvalue weighted by molar-refractivity contribution is 8.00. The second kappa shape index (κ2) is 5.71. The topological polar surface area (TPSA) is 20.3 Å². The van der Waals surface area contributed by atoms with Crippen LogP contribution >= 0.6 is 11.8 Å². The molecule has 20 heavy (non-hydrogen) atoms. The Morgan fingerprint density at radius 3 is 2.60 bits per heavy atom. The van der Waals surface area contributed by atoms with Gasteiger partial charge in [0.25, 0.3) is 0 Å². The monoisotopic (exact) mass is 283 g/mol. The Morgan fingerprint density at radius 2 is 1.80 bits per heavy atom. The molecular formula is C17H17NOS. The van der Waals surface area contributed by atoms with Gasteiger partial charge in [-0.25, -0.2) is 0 Å². The van der Waals surface area contributed by atoms with Crippen molar-refractivity contribution < 1.29 is 4.79 Å². The smallest absolute Gasteiger partial charge is 0.240 e. The maximum Gasteiger partial charge on any atom is 0.240 e. The molecule has 0 fully saturated rings. The number of para-hydroxylation sites is 1. The van der Waals surface area contributed by atoms with Crippen molar-refractivity contribution in [1.82, 2.24) is 0 Å². The van der Waals surface area contributed by atoms with Gasteiger partial charge in [0.15, 0.2) is 0 Å². The molecule has 0 saturated carbocycles. The van der Waals surface area contributed by atoms with Crippen molar-refractivity contribution >= 4 is 23.4 Å². The highest BCUT2D eigenvalue weighted by Crippen LogP contribution is 2.31. The summed E-state index contributed by atoms with van der Waals surface area (Å²) in [5.74, 6) is 0.198. The summed E-state index contributed by atoms with van der Waals surface area (Å²) in [6.07, 6.45) is 0.963. The number of thioether (sulfide) groups is 1. The Bertz CT molecular complexity index is 611. The van der Waals surface area contributed by atoms with Gasteiger partial charge in [-0.1, -0.05) is 36.4 Å². The minimum Gasteiger partial charge on any atom is -0.311 e. The van der Waals surface area contributed by atoms with Gasteiger partial charge >= 0.3 is 0 Å². The van der Waals surface area contributed by atoms with Crippen molar-refractivity contribution in [3.63, 3.8) is 0 Å². The summed E-state index contributed by atoms with van der Waals surface area (Å²) in [5.41, 5.74) is 2.36. The maximum absolute atomic E-state index is 12.6. The number of fused-ring (bicyclic) bond motifs is 1. The molecule has 0 spiro atoms. The van der Waals surface area contributed by atoms with Crippen LogP contribution in [0.15, 0.2) is 59.5 Å². The average molecular weight is 283 g/mol. The van der Waals surface area contributed by atoms with Gasteiger partial charge in [-0.15, -0.1) is 11.8 Å². The van der Waals surface area contributed by atoms with E-state index in [4.69, 9.17) is 0 Å². The molecule has 0 N–H and O–H groups in total. The third kappa shape index (κ3) is 2.59. The van der Waals surface area contributed by atoms with Crippen LogP contribution < -0.4 is 4.90 Å². The van der Waals surface area contributed by atoms with Crippen LogP contribution in [-0.4, -0.2) is 17.7 Å². The molecule has 102 valence electrons. The van der Waals surface area contributed by atoms with Crippen molar-refractivity contribution in [2.24, 2.45) is 0 Å². The van der Waals surface area contributed by atoms with Gasteiger partial charge in [0.2, 0.25) is 5.91 Å². The average Bonchev–Trinajstić information content (AvgIpc) is 2.91. The first kappa shape index (κ1) is 13.3. The molecule has 0 radical (unpaired) electrons. The minimum atomic E-state index is -0.0662. The van der Waals surface area contributed by atoms with E-state index in [2.05, 4.69) is 6.07 Å². The van der Waals surface area contributed by atoms with E-state index in [1.807, 2.05) is 60.4 Å². The summed E-state index contributed by atoms with van der Waals surface area (Å²) in [5, 5.41) is -0.0662. The first-order chi connectivity index (χ1) is 9.75. The van der Waals surface area contributed by atoms with Crippen LogP contribution in [0.2, 0.25) is 0 Å². The third-order valence-corrected chi connectivity index (χ3v) is 4.66. The summed E-state index contributed by atoms with van der Waals surface area (Å²) in [6, 6.07) is 18.3. The molecular weight excluding hydrogens is 266 g/mol. The lowest BCUT2D eigenvalue weighted by atomic mass is 10.2. The van der Waals surface area contributed by atoms with E-state index in [9.17, 15) is 4.79 Å². The molecule has 2 aromatic carbocycles.